The monoisotopic (exact) mass is 496 g/mol. The van der Waals surface area contributed by atoms with Crippen molar-refractivity contribution in [3.05, 3.63) is 113 Å². The molecule has 5 rings (SSSR count). The zero-order chi connectivity index (χ0) is 25.4. The minimum absolute atomic E-state index is 0.113. The summed E-state index contributed by atoms with van der Waals surface area (Å²) in [4.78, 5) is 18.2. The maximum atomic E-state index is 11.3. The van der Waals surface area contributed by atoms with E-state index in [0.29, 0.717) is 5.11 Å². The van der Waals surface area contributed by atoms with Crippen molar-refractivity contribution in [2.75, 3.05) is 4.90 Å². The molecule has 1 aliphatic heterocycles. The zero-order valence-corrected chi connectivity index (χ0v) is 21.3. The van der Waals surface area contributed by atoms with Crippen LogP contribution < -0.4 is 10.2 Å². The lowest BCUT2D eigenvalue weighted by Gasteiger charge is -2.28. The molecular weight excluding hydrogens is 468 g/mol. The number of rotatable bonds is 6. The van der Waals surface area contributed by atoms with E-state index in [9.17, 15) is 9.90 Å². The summed E-state index contributed by atoms with van der Waals surface area (Å²) >= 11 is 5.88. The van der Waals surface area contributed by atoms with E-state index < -0.39 is 5.97 Å². The third-order valence-corrected chi connectivity index (χ3v) is 7.20. The van der Waals surface area contributed by atoms with Crippen LogP contribution in [-0.4, -0.2) is 25.7 Å². The van der Waals surface area contributed by atoms with Crippen molar-refractivity contribution in [1.82, 2.24) is 14.9 Å². The highest BCUT2D eigenvalue weighted by Crippen LogP contribution is 2.43. The molecule has 6 nitrogen and oxygen atoms in total. The lowest BCUT2D eigenvalue weighted by atomic mass is 9.96. The molecule has 4 aromatic rings. The van der Waals surface area contributed by atoms with Gasteiger partial charge in [-0.2, -0.15) is 0 Å². The molecule has 7 heteroatoms. The normalized spacial score (nSPS) is 17.3. The Bertz CT molecular complexity index is 1410. The highest BCUT2D eigenvalue weighted by molar-refractivity contribution is 7.80. The first-order valence-corrected chi connectivity index (χ1v) is 12.4. The first kappa shape index (κ1) is 23.8. The molecule has 1 aliphatic rings. The van der Waals surface area contributed by atoms with Crippen LogP contribution in [0.5, 0.6) is 0 Å². The van der Waals surface area contributed by atoms with E-state index in [1.807, 2.05) is 36.5 Å². The fourth-order valence-electron chi connectivity index (χ4n) is 5.08. The van der Waals surface area contributed by atoms with Gasteiger partial charge in [-0.25, -0.2) is 4.79 Å². The van der Waals surface area contributed by atoms with Crippen LogP contribution in [0.15, 0.2) is 79.0 Å². The average molecular weight is 497 g/mol. The molecule has 0 radical (unpaired) electrons. The van der Waals surface area contributed by atoms with Gasteiger partial charge < -0.3 is 19.9 Å². The minimum atomic E-state index is -0.934. The third kappa shape index (κ3) is 4.16. The van der Waals surface area contributed by atoms with Crippen LogP contribution in [0.3, 0.4) is 0 Å². The predicted molar refractivity (Wildman–Crippen MR) is 146 cm³/mol. The maximum Gasteiger partial charge on any atom is 0.335 e. The van der Waals surface area contributed by atoms with E-state index in [4.69, 9.17) is 12.2 Å². The molecule has 0 amide bonds. The molecule has 0 saturated carbocycles. The Morgan fingerprint density at radius 1 is 1.03 bits per heavy atom. The number of aromatic carboxylic acids is 1. The number of anilines is 1. The standard InChI is InChI=1S/C29H28N4O2S/c1-4-20-8-12-23(13-9-20)33-27(26(31-29(33)36)25-7-5-6-16-30-25)24-17-18(2)32(19(24)3)22-14-10-21(11-15-22)28(34)35/h5-17,26-27H,4H2,1-3H3,(H,31,36)(H,34,35)/t26-,27+/m0/s1. The van der Waals surface area contributed by atoms with E-state index in [1.165, 1.54) is 5.56 Å². The van der Waals surface area contributed by atoms with Crippen LogP contribution >= 0.6 is 12.2 Å². The Balaban J connectivity index is 1.64. The molecule has 2 atom stereocenters. The molecular formula is C29H28N4O2S. The van der Waals surface area contributed by atoms with E-state index in [-0.39, 0.29) is 17.6 Å². The van der Waals surface area contributed by atoms with Crippen LogP contribution in [0.4, 0.5) is 5.69 Å². The molecule has 0 aliphatic carbocycles. The van der Waals surface area contributed by atoms with Crippen LogP contribution in [0, 0.1) is 13.8 Å². The first-order chi connectivity index (χ1) is 17.4. The molecule has 0 spiro atoms. The number of carboxylic acids is 1. The largest absolute Gasteiger partial charge is 0.478 e. The van der Waals surface area contributed by atoms with Gasteiger partial charge in [0.25, 0.3) is 0 Å². The SMILES string of the molecule is CCc1ccc(N2C(=S)N[C@@H](c3ccccn3)[C@H]2c2cc(C)n(-c3ccc(C(=O)O)cc3)c2C)cc1. The Hall–Kier alpha value is -3.97. The van der Waals surface area contributed by atoms with Crippen molar-refractivity contribution >= 4 is 29.0 Å². The fraction of sp³-hybridized carbons (Fsp3) is 0.207. The summed E-state index contributed by atoms with van der Waals surface area (Å²) in [6, 6.07) is 23.4. The topological polar surface area (TPSA) is 70.4 Å². The summed E-state index contributed by atoms with van der Waals surface area (Å²) in [5.41, 5.74) is 7.69. The van der Waals surface area contributed by atoms with Gasteiger partial charge in [-0.15, -0.1) is 0 Å². The Morgan fingerprint density at radius 3 is 2.33 bits per heavy atom. The van der Waals surface area contributed by atoms with Crippen molar-refractivity contribution in [2.24, 2.45) is 0 Å². The molecule has 0 bridgehead atoms. The van der Waals surface area contributed by atoms with Gasteiger partial charge in [0.05, 0.1) is 23.3 Å². The van der Waals surface area contributed by atoms with E-state index in [1.54, 1.807) is 12.1 Å². The summed E-state index contributed by atoms with van der Waals surface area (Å²) in [7, 11) is 0. The molecule has 36 heavy (non-hydrogen) atoms. The predicted octanol–water partition coefficient (Wildman–Crippen LogP) is 5.93. The number of aromatic nitrogens is 2. The number of thiocarbonyl (C=S) groups is 1. The number of pyridine rings is 1. The lowest BCUT2D eigenvalue weighted by Crippen LogP contribution is -2.29. The van der Waals surface area contributed by atoms with E-state index >= 15 is 0 Å². The molecule has 2 aromatic heterocycles. The number of hydrogen-bond donors (Lipinski definition) is 2. The van der Waals surface area contributed by atoms with Crippen LogP contribution in [0.2, 0.25) is 0 Å². The number of carboxylic acid groups (broad SMARTS) is 1. The van der Waals surface area contributed by atoms with Crippen molar-refractivity contribution in [2.45, 2.75) is 39.3 Å². The van der Waals surface area contributed by atoms with Gasteiger partial charge in [-0.3, -0.25) is 4.98 Å². The minimum Gasteiger partial charge on any atom is -0.478 e. The van der Waals surface area contributed by atoms with Gasteiger partial charge in [-0.1, -0.05) is 25.1 Å². The average Bonchev–Trinajstić information content (AvgIpc) is 3.39. The molecule has 0 unspecified atom stereocenters. The van der Waals surface area contributed by atoms with Crippen molar-refractivity contribution in [1.29, 1.82) is 0 Å². The summed E-state index contributed by atoms with van der Waals surface area (Å²) in [6.07, 6.45) is 2.79. The highest BCUT2D eigenvalue weighted by Gasteiger charge is 2.42. The van der Waals surface area contributed by atoms with Gasteiger partial charge in [0.15, 0.2) is 5.11 Å². The van der Waals surface area contributed by atoms with Crippen LogP contribution in [-0.2, 0) is 6.42 Å². The van der Waals surface area contributed by atoms with Crippen LogP contribution in [0.25, 0.3) is 5.69 Å². The maximum absolute atomic E-state index is 11.3. The molecule has 2 aromatic carbocycles. The van der Waals surface area contributed by atoms with Gasteiger partial charge in [0, 0.05) is 29.0 Å². The highest BCUT2D eigenvalue weighted by atomic mass is 32.1. The molecule has 1 fully saturated rings. The summed E-state index contributed by atoms with van der Waals surface area (Å²) in [5.74, 6) is -0.934. The summed E-state index contributed by atoms with van der Waals surface area (Å²) in [6.45, 7) is 6.32. The van der Waals surface area contributed by atoms with Crippen molar-refractivity contribution < 1.29 is 9.90 Å². The van der Waals surface area contributed by atoms with E-state index in [0.717, 1.165) is 40.4 Å². The molecule has 1 saturated heterocycles. The van der Waals surface area contributed by atoms with Crippen LogP contribution in [0.1, 0.15) is 57.6 Å². The molecule has 3 heterocycles. The Kier molecular flexibility index (Phi) is 6.33. The Morgan fingerprint density at radius 2 is 1.72 bits per heavy atom. The number of hydrogen-bond acceptors (Lipinski definition) is 3. The van der Waals surface area contributed by atoms with Crippen molar-refractivity contribution in [3.8, 4) is 5.69 Å². The van der Waals surface area contributed by atoms with Gasteiger partial charge in [0.1, 0.15) is 0 Å². The number of carbonyl (C=O) groups is 1. The number of nitrogens with zero attached hydrogens (tertiary/aromatic N) is 3. The van der Waals surface area contributed by atoms with Crippen molar-refractivity contribution in [3.63, 3.8) is 0 Å². The Labute approximate surface area is 216 Å². The number of aryl methyl sites for hydroxylation is 2. The van der Waals surface area contributed by atoms with Gasteiger partial charge in [-0.05, 0) is 98.2 Å². The lowest BCUT2D eigenvalue weighted by molar-refractivity contribution is 0.0697. The quantitative estimate of drug-likeness (QED) is 0.323. The molecule has 2 N–H and O–H groups in total. The first-order valence-electron chi connectivity index (χ1n) is 12.0. The second kappa shape index (κ2) is 9.59. The molecule has 182 valence electrons. The fourth-order valence-corrected chi connectivity index (χ4v) is 5.42. The zero-order valence-electron chi connectivity index (χ0n) is 20.5. The van der Waals surface area contributed by atoms with Gasteiger partial charge >= 0.3 is 5.97 Å². The summed E-state index contributed by atoms with van der Waals surface area (Å²) < 4.78 is 2.16. The summed E-state index contributed by atoms with van der Waals surface area (Å²) in [5, 5.41) is 13.5. The van der Waals surface area contributed by atoms with E-state index in [2.05, 4.69) is 70.9 Å². The second-order valence-corrected chi connectivity index (χ2v) is 9.42. The third-order valence-electron chi connectivity index (χ3n) is 6.88. The smallest absolute Gasteiger partial charge is 0.335 e. The van der Waals surface area contributed by atoms with Gasteiger partial charge in [0.2, 0.25) is 0 Å². The number of benzene rings is 2. The second-order valence-electron chi connectivity index (χ2n) is 9.03. The number of nitrogens with one attached hydrogen (secondary N) is 1.